The molecule has 0 fully saturated rings. The van der Waals surface area contributed by atoms with Gasteiger partial charge in [-0.3, -0.25) is 9.78 Å². The van der Waals surface area contributed by atoms with Crippen LogP contribution in [0.2, 0.25) is 0 Å². The number of hydrogen-bond acceptors (Lipinski definition) is 4. The number of unbranched alkanes of at least 4 members (excludes halogenated alkanes) is 3. The zero-order valence-electron chi connectivity index (χ0n) is 12.1. The molecule has 5 heteroatoms. The molecule has 1 heterocycles. The molecule has 4 N–H and O–H groups in total. The molecule has 1 aromatic heterocycles. The fourth-order valence-corrected chi connectivity index (χ4v) is 2.13. The van der Waals surface area contributed by atoms with Gasteiger partial charge in [-0.1, -0.05) is 43.2 Å². The molecule has 0 aliphatic rings. The van der Waals surface area contributed by atoms with E-state index in [1.54, 1.807) is 0 Å². The summed E-state index contributed by atoms with van der Waals surface area (Å²) >= 11 is 0. The normalized spacial score (nSPS) is 10.5. The topological polar surface area (TPSA) is 83.8 Å². The van der Waals surface area contributed by atoms with E-state index in [4.69, 9.17) is 5.73 Å². The van der Waals surface area contributed by atoms with E-state index >= 15 is 0 Å². The second kappa shape index (κ2) is 8.21. The predicted octanol–water partition coefficient (Wildman–Crippen LogP) is 2.37. The molecule has 112 valence electrons. The summed E-state index contributed by atoms with van der Waals surface area (Å²) in [6.45, 7) is 1.55. The largest absolute Gasteiger partial charge is 0.356 e. The molecule has 0 unspecified atom stereocenters. The zero-order valence-corrected chi connectivity index (χ0v) is 12.1. The zero-order chi connectivity index (χ0) is 14.9. The van der Waals surface area contributed by atoms with E-state index in [-0.39, 0.29) is 5.56 Å². The van der Waals surface area contributed by atoms with E-state index in [0.717, 1.165) is 44.3 Å². The highest BCUT2D eigenvalue weighted by Gasteiger charge is 2.03. The van der Waals surface area contributed by atoms with Crippen LogP contribution < -0.4 is 16.6 Å². The Morgan fingerprint density at radius 3 is 2.62 bits per heavy atom. The molecular formula is C16H22N4O. The van der Waals surface area contributed by atoms with Crippen molar-refractivity contribution < 1.29 is 0 Å². The summed E-state index contributed by atoms with van der Waals surface area (Å²) in [5, 5.41) is 3.17. The Balaban J connectivity index is 1.95. The smallest absolute Gasteiger partial charge is 0.252 e. The number of hydrogen-bond donors (Lipinski definition) is 3. The number of nitrogens with one attached hydrogen (secondary N) is 2. The first-order valence-corrected chi connectivity index (χ1v) is 7.40. The lowest BCUT2D eigenvalue weighted by atomic mass is 10.1. The van der Waals surface area contributed by atoms with Gasteiger partial charge >= 0.3 is 0 Å². The molecule has 0 saturated carbocycles. The van der Waals surface area contributed by atoms with Gasteiger partial charge in [0.15, 0.2) is 0 Å². The Morgan fingerprint density at radius 2 is 1.86 bits per heavy atom. The van der Waals surface area contributed by atoms with Gasteiger partial charge in [0.25, 0.3) is 5.56 Å². The summed E-state index contributed by atoms with van der Waals surface area (Å²) in [4.78, 5) is 18.9. The molecule has 0 amide bonds. The lowest BCUT2D eigenvalue weighted by molar-refractivity contribution is 0.660. The summed E-state index contributed by atoms with van der Waals surface area (Å²) in [5.41, 5.74) is 6.94. The third-order valence-corrected chi connectivity index (χ3v) is 3.23. The molecule has 0 atom stereocenters. The number of nitrogens with two attached hydrogens (primary N) is 1. The van der Waals surface area contributed by atoms with Gasteiger partial charge in [0.05, 0.1) is 5.69 Å². The molecule has 2 aromatic rings. The fraction of sp³-hybridized carbons (Fsp3) is 0.375. The van der Waals surface area contributed by atoms with Crippen molar-refractivity contribution in [2.24, 2.45) is 5.73 Å². The van der Waals surface area contributed by atoms with E-state index in [1.165, 1.54) is 6.07 Å². The summed E-state index contributed by atoms with van der Waals surface area (Å²) < 4.78 is 0. The highest BCUT2D eigenvalue weighted by Crippen LogP contribution is 2.15. The SMILES string of the molecule is NCCCCCCNc1nc(-c2ccccc2)cc(=O)[nH]1. The second-order valence-electron chi connectivity index (χ2n) is 4.97. The number of benzene rings is 1. The number of nitrogens with zero attached hydrogens (tertiary/aromatic N) is 1. The molecule has 21 heavy (non-hydrogen) atoms. The monoisotopic (exact) mass is 286 g/mol. The first-order chi connectivity index (χ1) is 10.3. The van der Waals surface area contributed by atoms with Crippen molar-refractivity contribution in [3.63, 3.8) is 0 Å². The average molecular weight is 286 g/mol. The van der Waals surface area contributed by atoms with Gasteiger partial charge in [0.1, 0.15) is 0 Å². The quantitative estimate of drug-likeness (QED) is 0.650. The van der Waals surface area contributed by atoms with Crippen molar-refractivity contribution in [2.45, 2.75) is 25.7 Å². The van der Waals surface area contributed by atoms with Crippen LogP contribution in [0, 0.1) is 0 Å². The minimum absolute atomic E-state index is 0.144. The molecule has 0 radical (unpaired) electrons. The van der Waals surface area contributed by atoms with Crippen molar-refractivity contribution in [2.75, 3.05) is 18.4 Å². The Morgan fingerprint density at radius 1 is 1.10 bits per heavy atom. The van der Waals surface area contributed by atoms with Gasteiger partial charge in [-0.05, 0) is 19.4 Å². The number of H-pyrrole nitrogens is 1. The predicted molar refractivity (Wildman–Crippen MR) is 86.3 cm³/mol. The number of aromatic amines is 1. The molecule has 2 rings (SSSR count). The lowest BCUT2D eigenvalue weighted by Crippen LogP contribution is -2.13. The van der Waals surface area contributed by atoms with Crippen LogP contribution in [0.3, 0.4) is 0 Å². The van der Waals surface area contributed by atoms with Gasteiger partial charge in [-0.2, -0.15) is 0 Å². The standard InChI is InChI=1S/C16H22N4O/c17-10-6-1-2-7-11-18-16-19-14(12-15(21)20-16)13-8-4-3-5-9-13/h3-5,8-9,12H,1-2,6-7,10-11,17H2,(H2,18,19,20,21). The second-order valence-corrected chi connectivity index (χ2v) is 4.97. The number of rotatable bonds is 8. The van der Waals surface area contributed by atoms with E-state index in [1.807, 2.05) is 30.3 Å². The van der Waals surface area contributed by atoms with Gasteiger partial charge < -0.3 is 11.1 Å². The van der Waals surface area contributed by atoms with Gasteiger partial charge in [0, 0.05) is 18.2 Å². The summed E-state index contributed by atoms with van der Waals surface area (Å²) in [6.07, 6.45) is 4.39. The molecular weight excluding hydrogens is 264 g/mol. The van der Waals surface area contributed by atoms with Crippen LogP contribution in [0.25, 0.3) is 11.3 Å². The third-order valence-electron chi connectivity index (χ3n) is 3.23. The van der Waals surface area contributed by atoms with Crippen LogP contribution in [0.4, 0.5) is 5.95 Å². The highest BCUT2D eigenvalue weighted by molar-refractivity contribution is 5.59. The van der Waals surface area contributed by atoms with Crippen molar-refractivity contribution in [1.29, 1.82) is 0 Å². The van der Waals surface area contributed by atoms with Crippen LogP contribution in [0.15, 0.2) is 41.2 Å². The maximum absolute atomic E-state index is 11.7. The number of aromatic nitrogens is 2. The minimum Gasteiger partial charge on any atom is -0.356 e. The lowest BCUT2D eigenvalue weighted by Gasteiger charge is -2.07. The highest BCUT2D eigenvalue weighted by atomic mass is 16.1. The minimum atomic E-state index is -0.144. The van der Waals surface area contributed by atoms with Crippen LogP contribution >= 0.6 is 0 Å². The average Bonchev–Trinajstić information content (AvgIpc) is 2.51. The van der Waals surface area contributed by atoms with Gasteiger partial charge in [-0.25, -0.2) is 4.98 Å². The van der Waals surface area contributed by atoms with Crippen LogP contribution in [-0.2, 0) is 0 Å². The Bertz CT molecular complexity index is 595. The van der Waals surface area contributed by atoms with Crippen LogP contribution in [-0.4, -0.2) is 23.1 Å². The van der Waals surface area contributed by atoms with Crippen LogP contribution in [0.5, 0.6) is 0 Å². The van der Waals surface area contributed by atoms with Crippen LogP contribution in [0.1, 0.15) is 25.7 Å². The summed E-state index contributed by atoms with van der Waals surface area (Å²) in [7, 11) is 0. The maximum atomic E-state index is 11.7. The van der Waals surface area contributed by atoms with Gasteiger partial charge in [-0.15, -0.1) is 0 Å². The molecule has 0 bridgehead atoms. The summed E-state index contributed by atoms with van der Waals surface area (Å²) in [5.74, 6) is 0.528. The van der Waals surface area contributed by atoms with Crippen molar-refractivity contribution in [3.05, 3.63) is 46.8 Å². The van der Waals surface area contributed by atoms with E-state index < -0.39 is 0 Å². The molecule has 0 spiro atoms. The Hall–Kier alpha value is -2.14. The van der Waals surface area contributed by atoms with E-state index in [9.17, 15) is 4.79 Å². The Kier molecular flexibility index (Phi) is 5.97. The third kappa shape index (κ3) is 5.04. The number of anilines is 1. The summed E-state index contributed by atoms with van der Waals surface area (Å²) in [6, 6.07) is 11.2. The van der Waals surface area contributed by atoms with Crippen molar-refractivity contribution >= 4 is 5.95 Å². The molecule has 0 saturated heterocycles. The van der Waals surface area contributed by atoms with Crippen molar-refractivity contribution in [3.8, 4) is 11.3 Å². The first kappa shape index (κ1) is 15.3. The fourth-order valence-electron chi connectivity index (χ4n) is 2.13. The van der Waals surface area contributed by atoms with Gasteiger partial charge in [0.2, 0.25) is 5.95 Å². The van der Waals surface area contributed by atoms with E-state index in [0.29, 0.717) is 11.6 Å². The first-order valence-electron chi connectivity index (χ1n) is 7.40. The molecule has 0 aliphatic carbocycles. The van der Waals surface area contributed by atoms with E-state index in [2.05, 4.69) is 15.3 Å². The molecule has 5 nitrogen and oxygen atoms in total. The van der Waals surface area contributed by atoms with Crippen molar-refractivity contribution in [1.82, 2.24) is 9.97 Å². The Labute approximate surface area is 124 Å². The molecule has 0 aliphatic heterocycles. The molecule has 1 aromatic carbocycles. The maximum Gasteiger partial charge on any atom is 0.252 e.